The molecule has 17 heavy (non-hydrogen) atoms. The second-order valence-electron chi connectivity index (χ2n) is 3.43. The molecule has 2 aromatic rings. The van der Waals surface area contributed by atoms with E-state index in [9.17, 15) is 5.11 Å². The van der Waals surface area contributed by atoms with E-state index in [0.29, 0.717) is 28.6 Å². The van der Waals surface area contributed by atoms with Crippen molar-refractivity contribution in [1.82, 2.24) is 10.2 Å². The molecule has 0 amide bonds. The van der Waals surface area contributed by atoms with E-state index >= 15 is 0 Å². The summed E-state index contributed by atoms with van der Waals surface area (Å²) in [6.45, 7) is 0. The van der Waals surface area contributed by atoms with Gasteiger partial charge in [-0.15, -0.1) is 0 Å². The number of aromatic amines is 1. The van der Waals surface area contributed by atoms with Crippen LogP contribution in [0, 0.1) is 0 Å². The fraction of sp³-hybridized carbons (Fsp3) is 0.182. The van der Waals surface area contributed by atoms with Crippen molar-refractivity contribution >= 4 is 5.82 Å². The quantitative estimate of drug-likeness (QED) is 0.747. The lowest BCUT2D eigenvalue weighted by Gasteiger charge is -2.10. The number of aromatic hydroxyl groups is 1. The van der Waals surface area contributed by atoms with E-state index in [1.807, 2.05) is 0 Å². The highest BCUT2D eigenvalue weighted by molar-refractivity contribution is 5.72. The van der Waals surface area contributed by atoms with E-state index in [4.69, 9.17) is 15.2 Å². The molecule has 1 aromatic heterocycles. The van der Waals surface area contributed by atoms with Crippen molar-refractivity contribution in [3.63, 3.8) is 0 Å². The molecule has 2 rings (SSSR count). The highest BCUT2D eigenvalue weighted by Gasteiger charge is 2.13. The topological polar surface area (TPSA) is 93.4 Å². The molecule has 0 atom stereocenters. The number of ether oxygens (including phenoxy) is 2. The Morgan fingerprint density at radius 1 is 1.18 bits per heavy atom. The summed E-state index contributed by atoms with van der Waals surface area (Å²) >= 11 is 0. The molecule has 0 fully saturated rings. The van der Waals surface area contributed by atoms with Gasteiger partial charge in [0.15, 0.2) is 11.5 Å². The number of anilines is 1. The lowest BCUT2D eigenvalue weighted by molar-refractivity contribution is 0.365. The summed E-state index contributed by atoms with van der Waals surface area (Å²) in [6.07, 6.45) is 0. The minimum atomic E-state index is 0.0245. The maximum Gasteiger partial charge on any atom is 0.164 e. The average molecular weight is 235 g/mol. The summed E-state index contributed by atoms with van der Waals surface area (Å²) in [7, 11) is 3.01. The van der Waals surface area contributed by atoms with Crippen molar-refractivity contribution in [3.05, 3.63) is 18.2 Å². The van der Waals surface area contributed by atoms with E-state index in [0.717, 1.165) is 0 Å². The lowest BCUT2D eigenvalue weighted by atomic mass is 10.1. The molecule has 0 spiro atoms. The number of hydrogen-bond donors (Lipinski definition) is 3. The molecular formula is C11H13N3O3. The van der Waals surface area contributed by atoms with Crippen molar-refractivity contribution in [1.29, 1.82) is 0 Å². The van der Waals surface area contributed by atoms with Crippen molar-refractivity contribution in [2.24, 2.45) is 0 Å². The van der Waals surface area contributed by atoms with Crippen LogP contribution in [-0.4, -0.2) is 29.5 Å². The first-order valence-corrected chi connectivity index (χ1v) is 4.92. The number of H-pyrrole nitrogens is 1. The molecule has 1 aromatic carbocycles. The Balaban J connectivity index is 2.57. The molecule has 0 aliphatic heterocycles. The summed E-state index contributed by atoms with van der Waals surface area (Å²) in [5.41, 5.74) is 6.86. The number of phenolic OH excluding ortho intramolecular Hbond substituents is 1. The van der Waals surface area contributed by atoms with Gasteiger partial charge < -0.3 is 20.3 Å². The Morgan fingerprint density at radius 2 is 1.88 bits per heavy atom. The van der Waals surface area contributed by atoms with Crippen molar-refractivity contribution in [2.75, 3.05) is 20.0 Å². The first-order valence-electron chi connectivity index (χ1n) is 4.92. The smallest absolute Gasteiger partial charge is 0.164 e. The molecule has 0 aliphatic rings. The lowest BCUT2D eigenvalue weighted by Crippen LogP contribution is -1.91. The standard InChI is InChI=1S/C11H13N3O3/c1-16-9-5-10(17-2)8(15)3-6(9)7-4-11(12)14-13-7/h3-5,15H,1-2H3,(H3,12,13,14). The number of aromatic nitrogens is 2. The molecule has 1 heterocycles. The van der Waals surface area contributed by atoms with Crippen LogP contribution >= 0.6 is 0 Å². The molecule has 0 unspecified atom stereocenters. The normalized spacial score (nSPS) is 10.2. The zero-order valence-corrected chi connectivity index (χ0v) is 9.52. The second kappa shape index (κ2) is 4.25. The number of methoxy groups -OCH3 is 2. The molecule has 0 bridgehead atoms. The first-order chi connectivity index (χ1) is 8.15. The van der Waals surface area contributed by atoms with Gasteiger partial charge in [0.25, 0.3) is 0 Å². The first kappa shape index (κ1) is 11.1. The van der Waals surface area contributed by atoms with Crippen LogP contribution in [0.25, 0.3) is 11.3 Å². The molecule has 6 heteroatoms. The van der Waals surface area contributed by atoms with E-state index in [1.165, 1.54) is 20.3 Å². The number of nitrogen functional groups attached to an aromatic ring is 1. The van der Waals surface area contributed by atoms with Gasteiger partial charge in [0.05, 0.1) is 19.9 Å². The molecule has 0 saturated heterocycles. The SMILES string of the molecule is COc1cc(OC)c(-c2cc(N)n[nH]2)cc1O. The Bertz CT molecular complexity index is 537. The van der Waals surface area contributed by atoms with E-state index in [1.54, 1.807) is 12.1 Å². The molecule has 0 aliphatic carbocycles. The summed E-state index contributed by atoms with van der Waals surface area (Å²) < 4.78 is 10.2. The Morgan fingerprint density at radius 3 is 2.41 bits per heavy atom. The van der Waals surface area contributed by atoms with E-state index in [-0.39, 0.29) is 5.75 Å². The maximum atomic E-state index is 9.73. The molecule has 0 radical (unpaired) electrons. The Hall–Kier alpha value is -2.37. The summed E-state index contributed by atoms with van der Waals surface area (Å²) in [4.78, 5) is 0. The van der Waals surface area contributed by atoms with Gasteiger partial charge >= 0.3 is 0 Å². The van der Waals surface area contributed by atoms with Crippen molar-refractivity contribution in [2.45, 2.75) is 0 Å². The third-order valence-electron chi connectivity index (χ3n) is 2.39. The van der Waals surface area contributed by atoms with Gasteiger partial charge in [-0.2, -0.15) is 5.10 Å². The van der Waals surface area contributed by atoms with Crippen LogP contribution in [0.4, 0.5) is 5.82 Å². The largest absolute Gasteiger partial charge is 0.504 e. The minimum absolute atomic E-state index is 0.0245. The summed E-state index contributed by atoms with van der Waals surface area (Å²) in [5, 5.41) is 16.3. The second-order valence-corrected chi connectivity index (χ2v) is 3.43. The summed E-state index contributed by atoms with van der Waals surface area (Å²) in [5.74, 6) is 1.30. The van der Waals surface area contributed by atoms with Crippen LogP contribution in [-0.2, 0) is 0 Å². The number of nitrogens with zero attached hydrogens (tertiary/aromatic N) is 1. The zero-order valence-electron chi connectivity index (χ0n) is 9.52. The predicted molar refractivity (Wildman–Crippen MR) is 63.2 cm³/mol. The number of phenols is 1. The number of nitrogens with one attached hydrogen (secondary N) is 1. The molecule has 90 valence electrons. The van der Waals surface area contributed by atoms with Gasteiger partial charge in [-0.05, 0) is 6.07 Å². The van der Waals surface area contributed by atoms with Crippen LogP contribution in [0.2, 0.25) is 0 Å². The minimum Gasteiger partial charge on any atom is -0.504 e. The number of nitrogens with two attached hydrogens (primary N) is 1. The van der Waals surface area contributed by atoms with E-state index < -0.39 is 0 Å². The third-order valence-corrected chi connectivity index (χ3v) is 2.39. The maximum absolute atomic E-state index is 9.73. The third kappa shape index (κ3) is 1.96. The number of hydrogen-bond acceptors (Lipinski definition) is 5. The van der Waals surface area contributed by atoms with Gasteiger partial charge in [-0.25, -0.2) is 0 Å². The molecular weight excluding hydrogens is 222 g/mol. The highest BCUT2D eigenvalue weighted by Crippen LogP contribution is 2.38. The van der Waals surface area contributed by atoms with Crippen LogP contribution in [0.5, 0.6) is 17.2 Å². The monoisotopic (exact) mass is 235 g/mol. The van der Waals surface area contributed by atoms with Crippen LogP contribution in [0.15, 0.2) is 18.2 Å². The Labute approximate surface area is 98.0 Å². The fourth-order valence-electron chi connectivity index (χ4n) is 1.57. The molecule has 4 N–H and O–H groups in total. The Kier molecular flexibility index (Phi) is 2.78. The zero-order chi connectivity index (χ0) is 12.4. The average Bonchev–Trinajstić information content (AvgIpc) is 2.75. The summed E-state index contributed by atoms with van der Waals surface area (Å²) in [6, 6.07) is 4.79. The highest BCUT2D eigenvalue weighted by atomic mass is 16.5. The van der Waals surface area contributed by atoms with Gasteiger partial charge in [0, 0.05) is 17.7 Å². The predicted octanol–water partition coefficient (Wildman–Crippen LogP) is 1.38. The molecule has 0 saturated carbocycles. The van der Waals surface area contributed by atoms with Gasteiger partial charge in [-0.1, -0.05) is 0 Å². The number of benzene rings is 1. The number of rotatable bonds is 3. The van der Waals surface area contributed by atoms with Crippen molar-refractivity contribution in [3.8, 4) is 28.5 Å². The van der Waals surface area contributed by atoms with Crippen LogP contribution < -0.4 is 15.2 Å². The fourth-order valence-corrected chi connectivity index (χ4v) is 1.57. The van der Waals surface area contributed by atoms with E-state index in [2.05, 4.69) is 10.2 Å². The van der Waals surface area contributed by atoms with Crippen LogP contribution in [0.3, 0.4) is 0 Å². The van der Waals surface area contributed by atoms with Gasteiger partial charge in [0.1, 0.15) is 11.6 Å². The van der Waals surface area contributed by atoms with Gasteiger partial charge in [-0.3, -0.25) is 5.10 Å². The van der Waals surface area contributed by atoms with Gasteiger partial charge in [0.2, 0.25) is 0 Å². The molecule has 6 nitrogen and oxygen atoms in total. The van der Waals surface area contributed by atoms with Crippen LogP contribution in [0.1, 0.15) is 0 Å². The van der Waals surface area contributed by atoms with Crippen molar-refractivity contribution < 1.29 is 14.6 Å².